The third kappa shape index (κ3) is 3.54. The van der Waals surface area contributed by atoms with Gasteiger partial charge < -0.3 is 9.47 Å². The molecule has 4 aromatic rings. The lowest BCUT2D eigenvalue weighted by Crippen LogP contribution is -2.02. The van der Waals surface area contributed by atoms with Gasteiger partial charge in [-0.15, -0.1) is 11.3 Å². The van der Waals surface area contributed by atoms with Gasteiger partial charge in [0, 0.05) is 11.1 Å². The number of esters is 1. The zero-order valence-electron chi connectivity index (χ0n) is 14.4. The number of para-hydroxylation sites is 2. The number of hydrogen-bond donors (Lipinski definition) is 0. The summed E-state index contributed by atoms with van der Waals surface area (Å²) in [5, 5.41) is 1.49. The second-order valence-electron chi connectivity index (χ2n) is 5.79. The van der Waals surface area contributed by atoms with Crippen LogP contribution in [0.25, 0.3) is 16.0 Å². The Morgan fingerprint density at radius 1 is 1.19 bits per heavy atom. The maximum Gasteiger partial charge on any atom is 0.351 e. The van der Waals surface area contributed by atoms with Crippen LogP contribution in [0.1, 0.15) is 15.2 Å². The number of imidazole rings is 1. The van der Waals surface area contributed by atoms with Crippen molar-refractivity contribution in [2.24, 2.45) is 0 Å². The SMILES string of the molecule is COC(=O)c1sc(-n2cnc3ccccc32)cc1OCc1ccc(Cl)cc1. The van der Waals surface area contributed by atoms with Gasteiger partial charge in [0.2, 0.25) is 0 Å². The number of carbonyl (C=O) groups excluding carboxylic acids is 1. The monoisotopic (exact) mass is 398 g/mol. The Balaban J connectivity index is 1.68. The minimum atomic E-state index is -0.429. The van der Waals surface area contributed by atoms with E-state index < -0.39 is 5.97 Å². The van der Waals surface area contributed by atoms with E-state index in [1.807, 2.05) is 47.0 Å². The van der Waals surface area contributed by atoms with Crippen molar-refractivity contribution < 1.29 is 14.3 Å². The van der Waals surface area contributed by atoms with Crippen LogP contribution in [0, 0.1) is 0 Å². The number of carbonyl (C=O) groups is 1. The smallest absolute Gasteiger partial charge is 0.351 e. The maximum absolute atomic E-state index is 12.2. The van der Waals surface area contributed by atoms with Gasteiger partial charge in [0.25, 0.3) is 0 Å². The van der Waals surface area contributed by atoms with Crippen molar-refractivity contribution in [2.45, 2.75) is 6.61 Å². The molecule has 136 valence electrons. The van der Waals surface area contributed by atoms with E-state index in [0.29, 0.717) is 22.3 Å². The summed E-state index contributed by atoms with van der Waals surface area (Å²) in [6, 6.07) is 17.0. The Morgan fingerprint density at radius 2 is 1.96 bits per heavy atom. The standard InChI is InChI=1S/C20H15ClN2O3S/c1-25-20(24)19-17(26-11-13-6-8-14(21)9-7-13)10-18(27-19)23-12-22-15-4-2-3-5-16(15)23/h2-10,12H,11H2,1H3. The summed E-state index contributed by atoms with van der Waals surface area (Å²) < 4.78 is 12.8. The van der Waals surface area contributed by atoms with Crippen LogP contribution < -0.4 is 4.74 Å². The second-order valence-corrected chi connectivity index (χ2v) is 7.26. The summed E-state index contributed by atoms with van der Waals surface area (Å²) in [5.41, 5.74) is 2.80. The number of hydrogen-bond acceptors (Lipinski definition) is 5. The van der Waals surface area contributed by atoms with Gasteiger partial charge >= 0.3 is 5.97 Å². The molecule has 0 radical (unpaired) electrons. The first kappa shape index (κ1) is 17.6. The first-order chi connectivity index (χ1) is 13.2. The highest BCUT2D eigenvalue weighted by Gasteiger charge is 2.20. The number of nitrogens with zero attached hydrogens (tertiary/aromatic N) is 2. The van der Waals surface area contributed by atoms with Crippen LogP contribution in [0.4, 0.5) is 0 Å². The van der Waals surface area contributed by atoms with E-state index in [1.54, 1.807) is 18.5 Å². The molecule has 0 saturated heterocycles. The number of rotatable bonds is 5. The predicted octanol–water partition coefficient (Wildman–Crippen LogP) is 5.11. The summed E-state index contributed by atoms with van der Waals surface area (Å²) in [6.07, 6.45) is 1.74. The van der Waals surface area contributed by atoms with E-state index in [1.165, 1.54) is 18.4 Å². The topological polar surface area (TPSA) is 53.4 Å². The van der Waals surface area contributed by atoms with Crippen molar-refractivity contribution in [1.29, 1.82) is 0 Å². The maximum atomic E-state index is 12.2. The summed E-state index contributed by atoms with van der Waals surface area (Å²) in [4.78, 5) is 17.0. The van der Waals surface area contributed by atoms with Gasteiger partial charge in [0.15, 0.2) is 4.88 Å². The minimum Gasteiger partial charge on any atom is -0.487 e. The Kier molecular flexibility index (Phi) is 4.83. The summed E-state index contributed by atoms with van der Waals surface area (Å²) in [5.74, 6) is 0.0522. The van der Waals surface area contributed by atoms with E-state index >= 15 is 0 Å². The largest absolute Gasteiger partial charge is 0.487 e. The molecule has 0 aliphatic heterocycles. The van der Waals surface area contributed by atoms with Gasteiger partial charge in [-0.25, -0.2) is 9.78 Å². The fourth-order valence-corrected chi connectivity index (χ4v) is 3.83. The highest BCUT2D eigenvalue weighted by Crippen LogP contribution is 2.34. The molecule has 0 atom stereocenters. The fourth-order valence-electron chi connectivity index (χ4n) is 2.70. The molecular weight excluding hydrogens is 384 g/mol. The summed E-state index contributed by atoms with van der Waals surface area (Å²) >= 11 is 7.22. The Morgan fingerprint density at radius 3 is 2.74 bits per heavy atom. The predicted molar refractivity (Wildman–Crippen MR) is 106 cm³/mol. The summed E-state index contributed by atoms with van der Waals surface area (Å²) in [6.45, 7) is 0.321. The molecule has 0 aliphatic rings. The number of methoxy groups -OCH3 is 1. The second kappa shape index (κ2) is 7.42. The molecular formula is C20H15ClN2O3S. The van der Waals surface area contributed by atoms with Crippen LogP contribution in [0.2, 0.25) is 5.02 Å². The van der Waals surface area contributed by atoms with Gasteiger partial charge in [-0.05, 0) is 29.8 Å². The van der Waals surface area contributed by atoms with E-state index in [2.05, 4.69) is 4.98 Å². The fraction of sp³-hybridized carbons (Fsp3) is 0.100. The highest BCUT2D eigenvalue weighted by atomic mass is 35.5. The average Bonchev–Trinajstić information content (AvgIpc) is 3.31. The number of thiophene rings is 1. The van der Waals surface area contributed by atoms with Crippen LogP contribution in [0.3, 0.4) is 0 Å². The lowest BCUT2D eigenvalue weighted by Gasteiger charge is -2.06. The minimum absolute atomic E-state index is 0.321. The Hall–Kier alpha value is -2.83. The summed E-state index contributed by atoms with van der Waals surface area (Å²) in [7, 11) is 1.36. The lowest BCUT2D eigenvalue weighted by molar-refractivity contribution is 0.0601. The third-order valence-electron chi connectivity index (χ3n) is 4.05. The van der Waals surface area contributed by atoms with Crippen LogP contribution in [-0.4, -0.2) is 22.6 Å². The molecule has 2 heterocycles. The number of fused-ring (bicyclic) bond motifs is 1. The molecule has 7 heteroatoms. The Bertz CT molecular complexity index is 1100. The number of benzene rings is 2. The molecule has 0 aliphatic carbocycles. The van der Waals surface area contributed by atoms with Crippen LogP contribution in [0.5, 0.6) is 5.75 Å². The zero-order valence-corrected chi connectivity index (χ0v) is 16.0. The molecule has 0 saturated carbocycles. The van der Waals surface area contributed by atoms with Crippen molar-refractivity contribution >= 4 is 39.9 Å². The normalized spacial score (nSPS) is 10.9. The van der Waals surface area contributed by atoms with Crippen molar-refractivity contribution in [2.75, 3.05) is 7.11 Å². The number of ether oxygens (including phenoxy) is 2. The molecule has 2 aromatic carbocycles. The first-order valence-corrected chi connectivity index (χ1v) is 9.37. The van der Waals surface area contributed by atoms with E-state index in [-0.39, 0.29) is 0 Å². The lowest BCUT2D eigenvalue weighted by atomic mass is 10.2. The van der Waals surface area contributed by atoms with Gasteiger partial charge in [-0.2, -0.15) is 0 Å². The molecule has 2 aromatic heterocycles. The molecule has 5 nitrogen and oxygen atoms in total. The zero-order chi connectivity index (χ0) is 18.8. The quantitative estimate of drug-likeness (QED) is 0.438. The molecule has 0 amide bonds. The average molecular weight is 399 g/mol. The Labute approximate surface area is 164 Å². The van der Waals surface area contributed by atoms with Gasteiger partial charge in [0.05, 0.1) is 18.1 Å². The molecule has 4 rings (SSSR count). The molecule has 0 unspecified atom stereocenters. The number of aromatic nitrogens is 2. The molecule has 0 fully saturated rings. The van der Waals surface area contributed by atoms with Crippen LogP contribution >= 0.6 is 22.9 Å². The first-order valence-electron chi connectivity index (χ1n) is 8.17. The molecule has 0 N–H and O–H groups in total. The van der Waals surface area contributed by atoms with Crippen molar-refractivity contribution in [1.82, 2.24) is 9.55 Å². The van der Waals surface area contributed by atoms with Crippen molar-refractivity contribution in [3.05, 3.63) is 76.4 Å². The van der Waals surface area contributed by atoms with Gasteiger partial charge in [0.1, 0.15) is 23.7 Å². The van der Waals surface area contributed by atoms with Crippen LogP contribution in [-0.2, 0) is 11.3 Å². The van der Waals surface area contributed by atoms with E-state index in [9.17, 15) is 4.79 Å². The molecule has 0 spiro atoms. The van der Waals surface area contributed by atoms with E-state index in [0.717, 1.165) is 21.6 Å². The van der Waals surface area contributed by atoms with E-state index in [4.69, 9.17) is 21.1 Å². The van der Waals surface area contributed by atoms with Gasteiger partial charge in [-0.3, -0.25) is 4.57 Å². The van der Waals surface area contributed by atoms with Crippen molar-refractivity contribution in [3.63, 3.8) is 0 Å². The van der Waals surface area contributed by atoms with Gasteiger partial charge in [-0.1, -0.05) is 35.9 Å². The third-order valence-corrected chi connectivity index (χ3v) is 5.40. The van der Waals surface area contributed by atoms with Crippen LogP contribution in [0.15, 0.2) is 60.9 Å². The molecule has 0 bridgehead atoms. The highest BCUT2D eigenvalue weighted by molar-refractivity contribution is 7.16. The number of halogens is 1. The van der Waals surface area contributed by atoms with Crippen molar-refractivity contribution in [3.8, 4) is 10.8 Å². The molecule has 27 heavy (non-hydrogen) atoms.